The Hall–Kier alpha value is -3.60. The first-order valence-corrected chi connectivity index (χ1v) is 10.8. The highest BCUT2D eigenvalue weighted by Crippen LogP contribution is 2.37. The van der Waals surface area contributed by atoms with Crippen LogP contribution >= 0.6 is 0 Å². The van der Waals surface area contributed by atoms with E-state index in [4.69, 9.17) is 4.98 Å². The fourth-order valence-electron chi connectivity index (χ4n) is 4.88. The quantitative estimate of drug-likeness (QED) is 0.641. The topological polar surface area (TPSA) is 67.8 Å². The highest BCUT2D eigenvalue weighted by Gasteiger charge is 2.27. The number of pyridine rings is 3. The third kappa shape index (κ3) is 3.00. The maximum atomic E-state index is 12.8. The molecule has 5 heteroatoms. The number of hydrogen-bond donors (Lipinski definition) is 1. The Morgan fingerprint density at radius 1 is 1.06 bits per heavy atom. The van der Waals surface area contributed by atoms with Gasteiger partial charge in [-0.05, 0) is 72.7 Å². The highest BCUT2D eigenvalue weighted by molar-refractivity contribution is 6.25. The summed E-state index contributed by atoms with van der Waals surface area (Å²) >= 11 is 0. The van der Waals surface area contributed by atoms with E-state index >= 15 is 0 Å². The van der Waals surface area contributed by atoms with Gasteiger partial charge < -0.3 is 5.32 Å². The summed E-state index contributed by atoms with van der Waals surface area (Å²) in [6.07, 6.45) is 15.0. The number of nitrogens with one attached hydrogen (secondary N) is 1. The lowest BCUT2D eigenvalue weighted by Gasteiger charge is -2.21. The van der Waals surface area contributed by atoms with Gasteiger partial charge in [-0.15, -0.1) is 0 Å². The molecule has 3 aliphatic rings. The average molecular weight is 406 g/mol. The van der Waals surface area contributed by atoms with Crippen LogP contribution in [0.25, 0.3) is 22.8 Å². The van der Waals surface area contributed by atoms with Crippen molar-refractivity contribution >= 4 is 23.1 Å². The molecule has 0 unspecified atom stereocenters. The van der Waals surface area contributed by atoms with E-state index in [-0.39, 0.29) is 5.78 Å². The van der Waals surface area contributed by atoms with Gasteiger partial charge in [0, 0.05) is 53.6 Å². The number of rotatable bonds is 2. The van der Waals surface area contributed by atoms with Gasteiger partial charge in [0.1, 0.15) is 0 Å². The van der Waals surface area contributed by atoms with Crippen molar-refractivity contribution in [2.45, 2.75) is 32.6 Å². The number of carbonyl (C=O) groups is 1. The zero-order valence-corrected chi connectivity index (χ0v) is 17.4. The van der Waals surface area contributed by atoms with Crippen LogP contribution in [0.1, 0.15) is 40.1 Å². The molecule has 0 amide bonds. The maximum Gasteiger partial charge on any atom is 0.169 e. The van der Waals surface area contributed by atoms with Gasteiger partial charge in [-0.3, -0.25) is 19.7 Å². The number of aryl methyl sites for hydroxylation is 1. The molecule has 0 aromatic carbocycles. The van der Waals surface area contributed by atoms with Crippen LogP contribution in [0.15, 0.2) is 48.6 Å². The second-order valence-corrected chi connectivity index (χ2v) is 8.50. The molecule has 0 saturated carbocycles. The first-order valence-electron chi connectivity index (χ1n) is 10.8. The van der Waals surface area contributed by atoms with Crippen molar-refractivity contribution in [2.75, 3.05) is 11.9 Å². The van der Waals surface area contributed by atoms with Crippen LogP contribution in [0.4, 0.5) is 5.69 Å². The zero-order valence-electron chi connectivity index (χ0n) is 17.4. The standard InChI is InChI=1S/C26H22N4O/c1-15-22(14-30-23-3-2-5-28-26(15)23)19-10-20-21(25(31)11-24(20)29-13-19)9-16-7-17-4-6-27-12-18(17)8-16/h4,6,8-10,12-14,28H,2-3,5,7,11H2,1H3/b21-9-. The molecular weight excluding hydrogens is 384 g/mol. The first kappa shape index (κ1) is 18.2. The third-order valence-electron chi connectivity index (χ3n) is 6.52. The summed E-state index contributed by atoms with van der Waals surface area (Å²) in [5, 5.41) is 3.51. The van der Waals surface area contributed by atoms with Gasteiger partial charge in [0.25, 0.3) is 0 Å². The molecule has 5 nitrogen and oxygen atoms in total. The van der Waals surface area contributed by atoms with E-state index in [0.29, 0.717) is 6.42 Å². The van der Waals surface area contributed by atoms with Crippen molar-refractivity contribution in [1.29, 1.82) is 0 Å². The highest BCUT2D eigenvalue weighted by atomic mass is 16.1. The minimum absolute atomic E-state index is 0.136. The normalized spacial score (nSPS) is 17.8. The van der Waals surface area contributed by atoms with Gasteiger partial charge >= 0.3 is 0 Å². The van der Waals surface area contributed by atoms with Crippen molar-refractivity contribution in [3.63, 3.8) is 0 Å². The predicted molar refractivity (Wildman–Crippen MR) is 122 cm³/mol. The zero-order chi connectivity index (χ0) is 20.9. The molecule has 0 atom stereocenters. The van der Waals surface area contributed by atoms with Gasteiger partial charge in [-0.1, -0.05) is 0 Å². The van der Waals surface area contributed by atoms with Gasteiger partial charge in [-0.2, -0.15) is 0 Å². The molecule has 152 valence electrons. The predicted octanol–water partition coefficient (Wildman–Crippen LogP) is 4.35. The van der Waals surface area contributed by atoms with Crippen molar-refractivity contribution in [3.05, 3.63) is 82.2 Å². The van der Waals surface area contributed by atoms with Gasteiger partial charge in [0.05, 0.1) is 23.5 Å². The average Bonchev–Trinajstić information content (AvgIpc) is 3.34. The number of anilines is 1. The van der Waals surface area contributed by atoms with E-state index in [2.05, 4.69) is 34.4 Å². The summed E-state index contributed by atoms with van der Waals surface area (Å²) in [5.74, 6) is 0.136. The van der Waals surface area contributed by atoms with Crippen molar-refractivity contribution in [3.8, 4) is 11.1 Å². The summed E-state index contributed by atoms with van der Waals surface area (Å²) in [5.41, 5.74) is 11.7. The second-order valence-electron chi connectivity index (χ2n) is 8.50. The molecule has 31 heavy (non-hydrogen) atoms. The number of ketones is 1. The lowest BCUT2D eigenvalue weighted by Crippen LogP contribution is -2.14. The summed E-state index contributed by atoms with van der Waals surface area (Å²) in [4.78, 5) is 26.4. The van der Waals surface area contributed by atoms with Crippen LogP contribution < -0.4 is 5.32 Å². The molecule has 0 fully saturated rings. The smallest absolute Gasteiger partial charge is 0.169 e. The molecule has 0 bridgehead atoms. The van der Waals surface area contributed by atoms with E-state index in [1.54, 1.807) is 0 Å². The molecular formula is C26H22N4O. The largest absolute Gasteiger partial charge is 0.383 e. The fraction of sp³-hybridized carbons (Fsp3) is 0.231. The van der Waals surface area contributed by atoms with Gasteiger partial charge in [0.15, 0.2) is 5.78 Å². The second kappa shape index (κ2) is 6.98. The van der Waals surface area contributed by atoms with Crippen LogP contribution in [0, 0.1) is 6.92 Å². The lowest BCUT2D eigenvalue weighted by atomic mass is 9.96. The maximum absolute atomic E-state index is 12.8. The molecule has 0 saturated heterocycles. The van der Waals surface area contributed by atoms with Crippen LogP contribution in [-0.2, 0) is 24.1 Å². The summed E-state index contributed by atoms with van der Waals surface area (Å²) in [6, 6.07) is 4.16. The van der Waals surface area contributed by atoms with E-state index in [1.807, 2.05) is 36.9 Å². The monoisotopic (exact) mass is 406 g/mol. The minimum Gasteiger partial charge on any atom is -0.383 e. The Morgan fingerprint density at radius 2 is 1.97 bits per heavy atom. The molecule has 3 aromatic rings. The molecule has 1 N–H and O–H groups in total. The molecule has 1 aliphatic heterocycles. The molecule has 3 aromatic heterocycles. The SMILES string of the molecule is Cc1c(-c2cnc3c(c2)/C(=C/C2=Cc4cnccc4C2)C(=O)C3)cnc2c1NCCC2. The van der Waals surface area contributed by atoms with E-state index in [0.717, 1.165) is 76.3 Å². The van der Waals surface area contributed by atoms with Crippen molar-refractivity contribution < 1.29 is 4.79 Å². The van der Waals surface area contributed by atoms with Gasteiger partial charge in [-0.25, -0.2) is 0 Å². The van der Waals surface area contributed by atoms with Crippen molar-refractivity contribution in [1.82, 2.24) is 15.0 Å². The number of hydrogen-bond acceptors (Lipinski definition) is 5. The first-order chi connectivity index (χ1) is 15.2. The summed E-state index contributed by atoms with van der Waals surface area (Å²) < 4.78 is 0. The number of allylic oxidation sites excluding steroid dienone is 3. The van der Waals surface area contributed by atoms with Crippen LogP contribution in [0.5, 0.6) is 0 Å². The fourth-order valence-corrected chi connectivity index (χ4v) is 4.88. The Labute approximate surface area is 181 Å². The Balaban J connectivity index is 1.40. The summed E-state index contributed by atoms with van der Waals surface area (Å²) in [6.45, 7) is 3.12. The summed E-state index contributed by atoms with van der Waals surface area (Å²) in [7, 11) is 0. The Kier molecular flexibility index (Phi) is 4.10. The number of nitrogens with zero attached hydrogens (tertiary/aromatic N) is 3. The Morgan fingerprint density at radius 3 is 2.87 bits per heavy atom. The van der Waals surface area contributed by atoms with Crippen LogP contribution in [0.2, 0.25) is 0 Å². The molecule has 2 aliphatic carbocycles. The molecule has 0 spiro atoms. The van der Waals surface area contributed by atoms with Crippen molar-refractivity contribution in [2.24, 2.45) is 0 Å². The van der Waals surface area contributed by atoms with E-state index in [1.165, 1.54) is 11.1 Å². The Bertz CT molecular complexity index is 1320. The van der Waals surface area contributed by atoms with Crippen LogP contribution in [-0.4, -0.2) is 27.3 Å². The number of aromatic nitrogens is 3. The molecule has 4 heterocycles. The van der Waals surface area contributed by atoms with Crippen LogP contribution in [0.3, 0.4) is 0 Å². The van der Waals surface area contributed by atoms with E-state index in [9.17, 15) is 4.79 Å². The molecule has 0 radical (unpaired) electrons. The number of carbonyl (C=O) groups excluding carboxylic acids is 1. The lowest BCUT2D eigenvalue weighted by molar-refractivity contribution is -0.112. The molecule has 6 rings (SSSR count). The number of fused-ring (bicyclic) bond motifs is 3. The number of Topliss-reactive ketones (excluding diaryl/α,β-unsaturated/α-hetero) is 1. The van der Waals surface area contributed by atoms with Gasteiger partial charge in [0.2, 0.25) is 0 Å². The minimum atomic E-state index is 0.136. The van der Waals surface area contributed by atoms with E-state index < -0.39 is 0 Å². The third-order valence-corrected chi connectivity index (χ3v) is 6.52.